The average Bonchev–Trinajstić information content (AvgIpc) is 3.29. The van der Waals surface area contributed by atoms with E-state index in [4.69, 9.17) is 0 Å². The Kier molecular flexibility index (Phi) is 9.52. The molecule has 0 saturated heterocycles. The van der Waals surface area contributed by atoms with Crippen molar-refractivity contribution in [2.24, 2.45) is 0 Å². The van der Waals surface area contributed by atoms with E-state index < -0.39 is 0 Å². The molecule has 10 rings (SSSR count). The first-order valence-electron chi connectivity index (χ1n) is 21.8. The van der Waals surface area contributed by atoms with Crippen LogP contribution in [0.4, 0.5) is 34.1 Å². The van der Waals surface area contributed by atoms with Crippen molar-refractivity contribution in [2.75, 3.05) is 9.80 Å². The summed E-state index contributed by atoms with van der Waals surface area (Å²) >= 11 is 0. The molecule has 0 spiro atoms. The molecule has 2 heteroatoms. The molecule has 2 atom stereocenters. The van der Waals surface area contributed by atoms with E-state index in [1.54, 1.807) is 0 Å². The molecule has 0 aliphatic heterocycles. The van der Waals surface area contributed by atoms with Gasteiger partial charge in [0.15, 0.2) is 0 Å². The molecule has 60 heavy (non-hydrogen) atoms. The molecule has 2 nitrogen and oxygen atoms in total. The number of aryl methyl sites for hydroxylation is 2. The van der Waals surface area contributed by atoms with Crippen molar-refractivity contribution in [1.29, 1.82) is 0 Å². The Labute approximate surface area is 354 Å². The lowest BCUT2D eigenvalue weighted by molar-refractivity contribution is 0.739. The standard InChI is InChI=1S/C58H52N2/c1-7-39(5)51-35-55(59(43-27-23-37(3)24-28-43)53-21-13-17-41-15-9-11-19-45(41)53)49-34-32-48-52(40(6)8-2)36-56(50-33-31-47(51)57(49)58(48)50)60(44-29-25-38(4)26-30-44)54-22-14-18-42-16-10-12-20-46(42)54/h9-36,39-40H,7-8H2,1-6H3. The highest BCUT2D eigenvalue weighted by Crippen LogP contribution is 2.52. The quantitative estimate of drug-likeness (QED) is 0.128. The van der Waals surface area contributed by atoms with Crippen LogP contribution in [-0.2, 0) is 0 Å². The first-order chi connectivity index (χ1) is 29.3. The number of hydrogen-bond acceptors (Lipinski definition) is 2. The van der Waals surface area contributed by atoms with Gasteiger partial charge >= 0.3 is 0 Å². The molecule has 2 unspecified atom stereocenters. The van der Waals surface area contributed by atoms with Gasteiger partial charge in [0.05, 0.1) is 22.7 Å². The Balaban J connectivity index is 1.36. The van der Waals surface area contributed by atoms with Crippen molar-refractivity contribution in [3.63, 3.8) is 0 Å². The second-order valence-electron chi connectivity index (χ2n) is 17.0. The van der Waals surface area contributed by atoms with Crippen LogP contribution in [0.1, 0.15) is 74.6 Å². The molecular formula is C58H52N2. The summed E-state index contributed by atoms with van der Waals surface area (Å²) in [5.41, 5.74) is 12.4. The van der Waals surface area contributed by atoms with Crippen molar-refractivity contribution in [1.82, 2.24) is 0 Å². The molecule has 0 bridgehead atoms. The number of fused-ring (bicyclic) bond motifs is 2. The number of rotatable bonds is 10. The first-order valence-corrected chi connectivity index (χ1v) is 21.8. The Morgan fingerprint density at radius 1 is 0.367 bits per heavy atom. The third-order valence-electron chi connectivity index (χ3n) is 13.3. The lowest BCUT2D eigenvalue weighted by Crippen LogP contribution is -2.13. The van der Waals surface area contributed by atoms with Crippen LogP contribution in [0.15, 0.2) is 170 Å². The Morgan fingerprint density at radius 2 is 0.733 bits per heavy atom. The zero-order chi connectivity index (χ0) is 41.1. The van der Waals surface area contributed by atoms with Crippen molar-refractivity contribution in [3.8, 4) is 0 Å². The van der Waals surface area contributed by atoms with E-state index in [0.717, 1.165) is 24.2 Å². The van der Waals surface area contributed by atoms with Gasteiger partial charge in [0, 0.05) is 32.9 Å². The van der Waals surface area contributed by atoms with Crippen LogP contribution in [0.25, 0.3) is 53.9 Å². The minimum Gasteiger partial charge on any atom is -0.309 e. The van der Waals surface area contributed by atoms with E-state index in [0.29, 0.717) is 11.8 Å². The average molecular weight is 777 g/mol. The highest BCUT2D eigenvalue weighted by atomic mass is 15.2. The first kappa shape index (κ1) is 37.6. The molecule has 0 radical (unpaired) electrons. The maximum Gasteiger partial charge on any atom is 0.0543 e. The van der Waals surface area contributed by atoms with Gasteiger partial charge in [0.2, 0.25) is 0 Å². The largest absolute Gasteiger partial charge is 0.309 e. The summed E-state index contributed by atoms with van der Waals surface area (Å²) in [6, 6.07) is 64.0. The Bertz CT molecular complexity index is 2950. The molecule has 0 aliphatic carbocycles. The van der Waals surface area contributed by atoms with Crippen LogP contribution in [0.5, 0.6) is 0 Å². The highest BCUT2D eigenvalue weighted by Gasteiger charge is 2.27. The van der Waals surface area contributed by atoms with E-state index >= 15 is 0 Å². The minimum absolute atomic E-state index is 0.356. The van der Waals surface area contributed by atoms with Gasteiger partial charge in [-0.3, -0.25) is 0 Å². The number of anilines is 6. The monoisotopic (exact) mass is 776 g/mol. The Morgan fingerprint density at radius 3 is 1.13 bits per heavy atom. The summed E-state index contributed by atoms with van der Waals surface area (Å²) in [6.45, 7) is 13.8. The molecule has 10 aromatic carbocycles. The molecule has 0 saturated carbocycles. The van der Waals surface area contributed by atoms with Crippen molar-refractivity contribution in [2.45, 2.75) is 66.2 Å². The van der Waals surface area contributed by atoms with Crippen LogP contribution in [0.2, 0.25) is 0 Å². The summed E-state index contributed by atoms with van der Waals surface area (Å²) in [5.74, 6) is 0.711. The summed E-state index contributed by atoms with van der Waals surface area (Å²) in [5, 5.41) is 12.9. The van der Waals surface area contributed by atoms with Crippen molar-refractivity contribution >= 4 is 88.0 Å². The maximum atomic E-state index is 2.53. The van der Waals surface area contributed by atoms with E-state index in [1.165, 1.54) is 98.9 Å². The second kappa shape index (κ2) is 15.2. The number of hydrogen-bond donors (Lipinski definition) is 0. The van der Waals surface area contributed by atoms with E-state index in [-0.39, 0.29) is 0 Å². The van der Waals surface area contributed by atoms with Crippen LogP contribution in [0, 0.1) is 13.8 Å². The fraction of sp³-hybridized carbons (Fsp3) is 0.172. The number of benzene rings is 10. The molecule has 294 valence electrons. The fourth-order valence-electron chi connectivity index (χ4n) is 9.64. The van der Waals surface area contributed by atoms with Crippen molar-refractivity contribution in [3.05, 3.63) is 192 Å². The smallest absolute Gasteiger partial charge is 0.0543 e. The molecule has 0 heterocycles. The molecule has 0 aliphatic rings. The predicted molar refractivity (Wildman–Crippen MR) is 261 cm³/mol. The molecule has 0 aromatic heterocycles. The minimum atomic E-state index is 0.356. The number of nitrogens with zero attached hydrogens (tertiary/aromatic N) is 2. The molecular weight excluding hydrogens is 725 g/mol. The van der Waals surface area contributed by atoms with Crippen LogP contribution in [-0.4, -0.2) is 0 Å². The molecule has 0 amide bonds. The normalized spacial score (nSPS) is 12.8. The summed E-state index contributed by atoms with van der Waals surface area (Å²) in [4.78, 5) is 5.06. The zero-order valence-electron chi connectivity index (χ0n) is 35.6. The van der Waals surface area contributed by atoms with E-state index in [1.807, 2.05) is 0 Å². The lowest BCUT2D eigenvalue weighted by atomic mass is 9.82. The Hall–Kier alpha value is -6.64. The van der Waals surface area contributed by atoms with Gasteiger partial charge in [-0.2, -0.15) is 0 Å². The van der Waals surface area contributed by atoms with Gasteiger partial charge < -0.3 is 9.80 Å². The summed E-state index contributed by atoms with van der Waals surface area (Å²) in [7, 11) is 0. The molecule has 0 fully saturated rings. The summed E-state index contributed by atoms with van der Waals surface area (Å²) in [6.07, 6.45) is 2.10. The van der Waals surface area contributed by atoms with Gasteiger partial charge in [0.1, 0.15) is 0 Å². The molecule has 10 aromatic rings. The van der Waals surface area contributed by atoms with Gasteiger partial charge in [-0.1, -0.05) is 160 Å². The second-order valence-corrected chi connectivity index (χ2v) is 17.0. The van der Waals surface area contributed by atoms with E-state index in [9.17, 15) is 0 Å². The van der Waals surface area contributed by atoms with E-state index in [2.05, 4.69) is 221 Å². The van der Waals surface area contributed by atoms with Crippen LogP contribution >= 0.6 is 0 Å². The third-order valence-corrected chi connectivity index (χ3v) is 13.3. The fourth-order valence-corrected chi connectivity index (χ4v) is 9.64. The van der Waals surface area contributed by atoms with Crippen molar-refractivity contribution < 1.29 is 0 Å². The predicted octanol–water partition coefficient (Wildman–Crippen LogP) is 17.5. The SMILES string of the molecule is CCC(C)c1cc(N(c2ccc(C)cc2)c2cccc3ccccc23)c2ccc3c(C(C)CC)cc(N(c4ccc(C)cc4)c4cccc5ccccc45)c4ccc1c2c34. The van der Waals surface area contributed by atoms with Gasteiger partial charge in [0.25, 0.3) is 0 Å². The zero-order valence-corrected chi connectivity index (χ0v) is 35.6. The third kappa shape index (κ3) is 6.16. The van der Waals surface area contributed by atoms with Crippen LogP contribution < -0.4 is 9.80 Å². The maximum absolute atomic E-state index is 2.53. The molecule has 0 N–H and O–H groups in total. The van der Waals surface area contributed by atoms with Gasteiger partial charge in [-0.25, -0.2) is 0 Å². The van der Waals surface area contributed by atoms with Crippen LogP contribution in [0.3, 0.4) is 0 Å². The van der Waals surface area contributed by atoms with Gasteiger partial charge in [-0.15, -0.1) is 0 Å². The lowest BCUT2D eigenvalue weighted by Gasteiger charge is -2.32. The van der Waals surface area contributed by atoms with Gasteiger partial charge in [-0.05, 0) is 131 Å². The topological polar surface area (TPSA) is 6.48 Å². The highest BCUT2D eigenvalue weighted by molar-refractivity contribution is 6.30. The summed E-state index contributed by atoms with van der Waals surface area (Å²) < 4.78 is 0.